The van der Waals surface area contributed by atoms with Crippen LogP contribution in [0.25, 0.3) is 0 Å². The predicted molar refractivity (Wildman–Crippen MR) is 102 cm³/mol. The highest BCUT2D eigenvalue weighted by atomic mass is 32.2. The Morgan fingerprint density at radius 1 is 1.08 bits per heavy atom. The fourth-order valence-corrected chi connectivity index (χ4v) is 4.73. The molecule has 0 aromatic heterocycles. The average molecular weight is 373 g/mol. The van der Waals surface area contributed by atoms with E-state index in [1.165, 1.54) is 19.1 Å². The number of ketones is 1. The van der Waals surface area contributed by atoms with Gasteiger partial charge in [0.2, 0.25) is 0 Å². The van der Waals surface area contributed by atoms with Gasteiger partial charge in [0.1, 0.15) is 5.82 Å². The number of piperidine rings is 1. The van der Waals surface area contributed by atoms with Crippen LogP contribution in [-0.2, 0) is 17.2 Å². The molecule has 1 saturated heterocycles. The predicted octanol–water partition coefficient (Wildman–Crippen LogP) is 3.84. The van der Waals surface area contributed by atoms with Crippen molar-refractivity contribution in [2.45, 2.75) is 36.3 Å². The number of hydrogen-bond acceptors (Lipinski definition) is 3. The third kappa shape index (κ3) is 4.86. The molecule has 1 aliphatic heterocycles. The molecule has 2 aromatic rings. The lowest BCUT2D eigenvalue weighted by atomic mass is 10.1. The Morgan fingerprint density at radius 3 is 2.27 bits per heavy atom. The standard InChI is InChI=1S/C21H24FNO2S/c1-16(24)18-4-8-20(9-5-18)26(25)21-11-14-23(15-12-21)13-10-17-2-6-19(22)7-3-17/h2-9,21H,10-15H2,1H3. The summed E-state index contributed by atoms with van der Waals surface area (Å²) in [7, 11) is -1.03. The summed E-state index contributed by atoms with van der Waals surface area (Å²) < 4.78 is 25.7. The monoisotopic (exact) mass is 373 g/mol. The minimum atomic E-state index is -1.03. The topological polar surface area (TPSA) is 37.4 Å². The lowest BCUT2D eigenvalue weighted by Gasteiger charge is -2.31. The van der Waals surface area contributed by atoms with Crippen LogP contribution in [0.1, 0.15) is 35.7 Å². The molecule has 0 amide bonds. The number of benzene rings is 2. The number of nitrogens with zero attached hydrogens (tertiary/aromatic N) is 1. The fourth-order valence-electron chi connectivity index (χ4n) is 3.30. The highest BCUT2D eigenvalue weighted by Crippen LogP contribution is 2.22. The van der Waals surface area contributed by atoms with Gasteiger partial charge in [-0.1, -0.05) is 24.3 Å². The van der Waals surface area contributed by atoms with Crippen LogP contribution in [0.15, 0.2) is 53.4 Å². The molecule has 0 spiro atoms. The Bertz CT molecular complexity index is 766. The number of carbonyl (C=O) groups is 1. The Morgan fingerprint density at radius 2 is 1.69 bits per heavy atom. The number of rotatable bonds is 6. The van der Waals surface area contributed by atoms with E-state index in [-0.39, 0.29) is 16.9 Å². The minimum Gasteiger partial charge on any atom is -0.303 e. The second kappa shape index (κ2) is 8.69. The molecular formula is C21H24FNO2S. The molecule has 5 heteroatoms. The Labute approximate surface area is 156 Å². The van der Waals surface area contributed by atoms with Gasteiger partial charge in [0.15, 0.2) is 5.78 Å². The molecular weight excluding hydrogens is 349 g/mol. The Kier molecular flexibility index (Phi) is 6.33. The number of halogens is 1. The maximum atomic E-state index is 12.9. The van der Waals surface area contributed by atoms with Gasteiger partial charge in [-0.15, -0.1) is 0 Å². The molecule has 0 saturated carbocycles. The van der Waals surface area contributed by atoms with Crippen LogP contribution in [0.2, 0.25) is 0 Å². The number of hydrogen-bond donors (Lipinski definition) is 0. The minimum absolute atomic E-state index is 0.0248. The van der Waals surface area contributed by atoms with Crippen molar-refractivity contribution in [1.82, 2.24) is 4.90 Å². The van der Waals surface area contributed by atoms with Crippen molar-refractivity contribution < 1.29 is 13.4 Å². The van der Waals surface area contributed by atoms with Crippen molar-refractivity contribution in [3.8, 4) is 0 Å². The van der Waals surface area contributed by atoms with Crippen LogP contribution in [-0.4, -0.2) is 39.8 Å². The normalized spacial score (nSPS) is 17.2. The van der Waals surface area contributed by atoms with Crippen molar-refractivity contribution in [2.24, 2.45) is 0 Å². The quantitative estimate of drug-likeness (QED) is 0.722. The second-order valence-corrected chi connectivity index (χ2v) is 8.53. The first-order valence-electron chi connectivity index (χ1n) is 9.01. The van der Waals surface area contributed by atoms with Gasteiger partial charge in [0.05, 0.1) is 10.8 Å². The fraction of sp³-hybridized carbons (Fsp3) is 0.381. The average Bonchev–Trinajstić information content (AvgIpc) is 2.67. The van der Waals surface area contributed by atoms with Crippen molar-refractivity contribution in [3.05, 3.63) is 65.5 Å². The van der Waals surface area contributed by atoms with Gasteiger partial charge in [-0.05, 0) is 69.1 Å². The van der Waals surface area contributed by atoms with E-state index in [1.807, 2.05) is 24.3 Å². The molecule has 1 unspecified atom stereocenters. The summed E-state index contributed by atoms with van der Waals surface area (Å²) in [4.78, 5) is 14.5. The van der Waals surface area contributed by atoms with Gasteiger partial charge in [-0.25, -0.2) is 4.39 Å². The van der Waals surface area contributed by atoms with Crippen LogP contribution < -0.4 is 0 Å². The molecule has 1 atom stereocenters. The number of Topliss-reactive ketones (excluding diaryl/α,β-unsaturated/α-hetero) is 1. The smallest absolute Gasteiger partial charge is 0.159 e. The lowest BCUT2D eigenvalue weighted by molar-refractivity contribution is 0.101. The van der Waals surface area contributed by atoms with E-state index >= 15 is 0 Å². The van der Waals surface area contributed by atoms with Crippen LogP contribution in [0.3, 0.4) is 0 Å². The van der Waals surface area contributed by atoms with E-state index in [0.717, 1.165) is 49.4 Å². The molecule has 138 valence electrons. The first-order valence-corrected chi connectivity index (χ1v) is 10.2. The molecule has 0 bridgehead atoms. The molecule has 3 rings (SSSR count). The first-order chi connectivity index (χ1) is 12.5. The zero-order valence-electron chi connectivity index (χ0n) is 15.0. The molecule has 1 heterocycles. The van der Waals surface area contributed by atoms with Crippen LogP contribution >= 0.6 is 0 Å². The molecule has 26 heavy (non-hydrogen) atoms. The second-order valence-electron chi connectivity index (χ2n) is 6.80. The summed E-state index contributed by atoms with van der Waals surface area (Å²) in [5.41, 5.74) is 1.80. The molecule has 1 fully saturated rings. The highest BCUT2D eigenvalue weighted by Gasteiger charge is 2.24. The van der Waals surface area contributed by atoms with Crippen LogP contribution in [0.5, 0.6) is 0 Å². The van der Waals surface area contributed by atoms with Crippen molar-refractivity contribution >= 4 is 16.6 Å². The lowest BCUT2D eigenvalue weighted by Crippen LogP contribution is -2.38. The van der Waals surface area contributed by atoms with E-state index in [2.05, 4.69) is 4.90 Å². The van der Waals surface area contributed by atoms with Crippen LogP contribution in [0.4, 0.5) is 4.39 Å². The summed E-state index contributed by atoms with van der Waals surface area (Å²) >= 11 is 0. The third-order valence-electron chi connectivity index (χ3n) is 4.96. The summed E-state index contributed by atoms with van der Waals surface area (Å²) in [6, 6.07) is 13.8. The zero-order valence-corrected chi connectivity index (χ0v) is 15.8. The Balaban J connectivity index is 1.49. The van der Waals surface area contributed by atoms with Crippen molar-refractivity contribution in [2.75, 3.05) is 19.6 Å². The van der Waals surface area contributed by atoms with E-state index in [0.29, 0.717) is 5.56 Å². The molecule has 1 aliphatic rings. The molecule has 3 nitrogen and oxygen atoms in total. The van der Waals surface area contributed by atoms with Gasteiger partial charge < -0.3 is 4.90 Å². The van der Waals surface area contributed by atoms with E-state index in [4.69, 9.17) is 0 Å². The van der Waals surface area contributed by atoms with Crippen molar-refractivity contribution in [3.63, 3.8) is 0 Å². The SMILES string of the molecule is CC(=O)c1ccc(S(=O)C2CCN(CCc3ccc(F)cc3)CC2)cc1. The molecule has 0 radical (unpaired) electrons. The number of carbonyl (C=O) groups excluding carboxylic acids is 1. The van der Waals surface area contributed by atoms with E-state index in [9.17, 15) is 13.4 Å². The maximum absolute atomic E-state index is 12.9. The summed E-state index contributed by atoms with van der Waals surface area (Å²) in [6.45, 7) is 4.35. The molecule has 0 aliphatic carbocycles. The van der Waals surface area contributed by atoms with Gasteiger partial charge in [0, 0.05) is 22.3 Å². The number of likely N-dealkylation sites (tertiary alicyclic amines) is 1. The highest BCUT2D eigenvalue weighted by molar-refractivity contribution is 7.85. The van der Waals surface area contributed by atoms with Crippen molar-refractivity contribution in [1.29, 1.82) is 0 Å². The first kappa shape index (κ1) is 18.9. The third-order valence-corrected chi connectivity index (χ3v) is 6.77. The van der Waals surface area contributed by atoms with Gasteiger partial charge in [-0.3, -0.25) is 9.00 Å². The van der Waals surface area contributed by atoms with Crippen LogP contribution in [0, 0.1) is 5.82 Å². The van der Waals surface area contributed by atoms with Gasteiger partial charge in [0.25, 0.3) is 0 Å². The zero-order chi connectivity index (χ0) is 18.5. The summed E-state index contributed by atoms with van der Waals surface area (Å²) in [6.07, 6.45) is 2.72. The maximum Gasteiger partial charge on any atom is 0.159 e. The largest absolute Gasteiger partial charge is 0.303 e. The summed E-state index contributed by atoms with van der Waals surface area (Å²) in [5.74, 6) is -0.176. The van der Waals surface area contributed by atoms with E-state index < -0.39 is 10.8 Å². The van der Waals surface area contributed by atoms with Gasteiger partial charge >= 0.3 is 0 Å². The van der Waals surface area contributed by atoms with Gasteiger partial charge in [-0.2, -0.15) is 0 Å². The Hall–Kier alpha value is -1.85. The summed E-state index contributed by atoms with van der Waals surface area (Å²) in [5, 5.41) is 0.167. The van der Waals surface area contributed by atoms with E-state index in [1.54, 1.807) is 12.1 Å². The molecule has 0 N–H and O–H groups in total. The molecule has 2 aromatic carbocycles.